The van der Waals surface area contributed by atoms with E-state index in [1.54, 1.807) is 0 Å². The van der Waals surface area contributed by atoms with Gasteiger partial charge in [0, 0.05) is 19.8 Å². The van der Waals surface area contributed by atoms with E-state index in [9.17, 15) is 0 Å². The summed E-state index contributed by atoms with van der Waals surface area (Å²) in [5.74, 6) is 1.43. The lowest BCUT2D eigenvalue weighted by Gasteiger charge is -2.23. The molecule has 0 saturated carbocycles. The lowest BCUT2D eigenvalue weighted by molar-refractivity contribution is 0.0659. The molecule has 0 aromatic heterocycles. The Hall–Kier alpha value is -0.120. The summed E-state index contributed by atoms with van der Waals surface area (Å²) in [4.78, 5) is 0. The molecule has 0 aromatic carbocycles. The fourth-order valence-electron chi connectivity index (χ4n) is 2.08. The second kappa shape index (κ2) is 8.08. The fraction of sp³-hybridized carbons (Fsp3) is 1.00. The quantitative estimate of drug-likeness (QED) is 0.675. The fourth-order valence-corrected chi connectivity index (χ4v) is 2.08. The maximum Gasteiger partial charge on any atom is 0.0469 e. The first kappa shape index (κ1) is 12.9. The summed E-state index contributed by atoms with van der Waals surface area (Å²) in [5.41, 5.74) is 0. The standard InChI is InChI=1S/C12H25NO2/c1-2-11(3-6-14)9-13-10-12-4-7-15-8-5-12/h11-14H,2-10H2,1H3. The van der Waals surface area contributed by atoms with Crippen LogP contribution in [0.25, 0.3) is 0 Å². The topological polar surface area (TPSA) is 41.5 Å². The van der Waals surface area contributed by atoms with Gasteiger partial charge in [-0.2, -0.15) is 0 Å². The molecule has 1 rings (SSSR count). The van der Waals surface area contributed by atoms with Gasteiger partial charge in [-0.1, -0.05) is 13.3 Å². The third-order valence-corrected chi connectivity index (χ3v) is 3.32. The summed E-state index contributed by atoms with van der Waals surface area (Å²) < 4.78 is 5.33. The molecule has 15 heavy (non-hydrogen) atoms. The van der Waals surface area contributed by atoms with Crippen molar-refractivity contribution < 1.29 is 9.84 Å². The van der Waals surface area contributed by atoms with Gasteiger partial charge in [-0.05, 0) is 44.2 Å². The van der Waals surface area contributed by atoms with Gasteiger partial charge in [0.05, 0.1) is 0 Å². The molecule has 0 bridgehead atoms. The molecule has 0 spiro atoms. The first-order chi connectivity index (χ1) is 7.36. The van der Waals surface area contributed by atoms with E-state index in [1.807, 2.05) is 0 Å². The van der Waals surface area contributed by atoms with Gasteiger partial charge in [0.1, 0.15) is 0 Å². The van der Waals surface area contributed by atoms with Crippen molar-refractivity contribution in [2.45, 2.75) is 32.6 Å². The van der Waals surface area contributed by atoms with Gasteiger partial charge >= 0.3 is 0 Å². The van der Waals surface area contributed by atoms with Crippen LogP contribution >= 0.6 is 0 Å². The summed E-state index contributed by atoms with van der Waals surface area (Å²) in [5, 5.41) is 12.4. The van der Waals surface area contributed by atoms with Crippen molar-refractivity contribution in [1.29, 1.82) is 0 Å². The number of nitrogens with one attached hydrogen (secondary N) is 1. The average molecular weight is 215 g/mol. The van der Waals surface area contributed by atoms with Crippen LogP contribution in [-0.2, 0) is 4.74 Å². The number of hydrogen-bond donors (Lipinski definition) is 2. The monoisotopic (exact) mass is 215 g/mol. The minimum absolute atomic E-state index is 0.317. The molecule has 1 aliphatic rings. The highest BCUT2D eigenvalue weighted by molar-refractivity contribution is 4.68. The van der Waals surface area contributed by atoms with Crippen molar-refractivity contribution in [3.05, 3.63) is 0 Å². The van der Waals surface area contributed by atoms with Crippen molar-refractivity contribution in [3.8, 4) is 0 Å². The lowest BCUT2D eigenvalue weighted by Crippen LogP contribution is -2.31. The van der Waals surface area contributed by atoms with E-state index in [0.717, 1.165) is 45.1 Å². The summed E-state index contributed by atoms with van der Waals surface area (Å²) >= 11 is 0. The molecule has 3 heteroatoms. The summed E-state index contributed by atoms with van der Waals surface area (Å²) in [6.07, 6.45) is 4.48. The highest BCUT2D eigenvalue weighted by Gasteiger charge is 2.13. The molecule has 0 amide bonds. The van der Waals surface area contributed by atoms with Crippen LogP contribution in [0.4, 0.5) is 0 Å². The third-order valence-electron chi connectivity index (χ3n) is 3.32. The Kier molecular flexibility index (Phi) is 6.98. The van der Waals surface area contributed by atoms with Crippen LogP contribution in [-0.4, -0.2) is 38.0 Å². The van der Waals surface area contributed by atoms with Crippen LogP contribution in [0.2, 0.25) is 0 Å². The first-order valence-electron chi connectivity index (χ1n) is 6.26. The number of ether oxygens (including phenoxy) is 1. The predicted octanol–water partition coefficient (Wildman–Crippen LogP) is 1.41. The molecule has 90 valence electrons. The SMILES string of the molecule is CCC(CCO)CNCC1CCOCC1. The summed E-state index contributed by atoms with van der Waals surface area (Å²) in [6, 6.07) is 0. The predicted molar refractivity (Wildman–Crippen MR) is 61.9 cm³/mol. The van der Waals surface area contributed by atoms with Crippen molar-refractivity contribution >= 4 is 0 Å². The Morgan fingerprint density at radius 2 is 2.13 bits per heavy atom. The highest BCUT2D eigenvalue weighted by Crippen LogP contribution is 2.13. The van der Waals surface area contributed by atoms with Gasteiger partial charge in [0.15, 0.2) is 0 Å². The second-order valence-corrected chi connectivity index (χ2v) is 4.50. The van der Waals surface area contributed by atoms with Gasteiger partial charge in [0.25, 0.3) is 0 Å². The maximum absolute atomic E-state index is 8.87. The Labute approximate surface area is 93.2 Å². The van der Waals surface area contributed by atoms with Crippen molar-refractivity contribution in [2.24, 2.45) is 11.8 Å². The van der Waals surface area contributed by atoms with E-state index in [0.29, 0.717) is 12.5 Å². The van der Waals surface area contributed by atoms with Crippen molar-refractivity contribution in [2.75, 3.05) is 32.9 Å². The highest BCUT2D eigenvalue weighted by atomic mass is 16.5. The van der Waals surface area contributed by atoms with Gasteiger partial charge in [-0.15, -0.1) is 0 Å². The van der Waals surface area contributed by atoms with Crippen LogP contribution in [0.5, 0.6) is 0 Å². The molecule has 1 atom stereocenters. The first-order valence-corrected chi connectivity index (χ1v) is 6.26. The third kappa shape index (κ3) is 5.50. The minimum Gasteiger partial charge on any atom is -0.396 e. The van der Waals surface area contributed by atoms with E-state index in [1.165, 1.54) is 12.8 Å². The molecule has 0 radical (unpaired) electrons. The lowest BCUT2D eigenvalue weighted by atomic mass is 9.99. The molecular formula is C12H25NO2. The largest absolute Gasteiger partial charge is 0.396 e. The Balaban J connectivity index is 2.03. The Morgan fingerprint density at radius 1 is 1.40 bits per heavy atom. The molecule has 3 nitrogen and oxygen atoms in total. The maximum atomic E-state index is 8.87. The summed E-state index contributed by atoms with van der Waals surface area (Å²) in [6.45, 7) is 6.54. The smallest absolute Gasteiger partial charge is 0.0469 e. The molecule has 1 heterocycles. The minimum atomic E-state index is 0.317. The van der Waals surface area contributed by atoms with Gasteiger partial charge in [-0.3, -0.25) is 0 Å². The van der Waals surface area contributed by atoms with Crippen LogP contribution in [0.15, 0.2) is 0 Å². The number of aliphatic hydroxyl groups excluding tert-OH is 1. The normalized spacial score (nSPS) is 20.4. The number of aliphatic hydroxyl groups is 1. The van der Waals surface area contributed by atoms with E-state index >= 15 is 0 Å². The van der Waals surface area contributed by atoms with Gasteiger partial charge in [-0.25, -0.2) is 0 Å². The van der Waals surface area contributed by atoms with Crippen LogP contribution in [0.1, 0.15) is 32.6 Å². The second-order valence-electron chi connectivity index (χ2n) is 4.50. The molecule has 2 N–H and O–H groups in total. The number of hydrogen-bond acceptors (Lipinski definition) is 3. The molecule has 1 saturated heterocycles. The average Bonchev–Trinajstić information content (AvgIpc) is 2.29. The van der Waals surface area contributed by atoms with Crippen LogP contribution in [0.3, 0.4) is 0 Å². The zero-order valence-electron chi connectivity index (χ0n) is 9.87. The molecule has 0 aromatic rings. The van der Waals surface area contributed by atoms with Crippen molar-refractivity contribution in [1.82, 2.24) is 5.32 Å². The van der Waals surface area contributed by atoms with Crippen molar-refractivity contribution in [3.63, 3.8) is 0 Å². The molecule has 1 aliphatic heterocycles. The Morgan fingerprint density at radius 3 is 2.73 bits per heavy atom. The number of rotatable bonds is 7. The molecular weight excluding hydrogens is 190 g/mol. The zero-order chi connectivity index (χ0) is 10.9. The van der Waals surface area contributed by atoms with Crippen LogP contribution in [0, 0.1) is 11.8 Å². The van der Waals surface area contributed by atoms with Gasteiger partial charge < -0.3 is 15.2 Å². The summed E-state index contributed by atoms with van der Waals surface area (Å²) in [7, 11) is 0. The van der Waals surface area contributed by atoms with E-state index in [-0.39, 0.29) is 0 Å². The molecule has 1 fully saturated rings. The molecule has 1 unspecified atom stereocenters. The van der Waals surface area contributed by atoms with Crippen LogP contribution < -0.4 is 5.32 Å². The zero-order valence-corrected chi connectivity index (χ0v) is 9.87. The van der Waals surface area contributed by atoms with E-state index in [2.05, 4.69) is 12.2 Å². The van der Waals surface area contributed by atoms with Gasteiger partial charge in [0.2, 0.25) is 0 Å². The van der Waals surface area contributed by atoms with E-state index in [4.69, 9.17) is 9.84 Å². The van der Waals surface area contributed by atoms with E-state index < -0.39 is 0 Å². The Bertz CT molecular complexity index is 142. The molecule has 0 aliphatic carbocycles.